The summed E-state index contributed by atoms with van der Waals surface area (Å²) in [6.07, 6.45) is 2.67. The first-order chi connectivity index (χ1) is 17.9. The Hall–Kier alpha value is -2.39. The first kappa shape index (κ1) is 27.6. The lowest BCUT2D eigenvalue weighted by atomic mass is 9.88. The van der Waals surface area contributed by atoms with Crippen LogP contribution in [0.15, 0.2) is 36.4 Å². The number of nitrogens with zero attached hydrogens (tertiary/aromatic N) is 3. The van der Waals surface area contributed by atoms with Crippen LogP contribution in [0.3, 0.4) is 0 Å². The zero-order valence-electron chi connectivity index (χ0n) is 21.7. The Labute approximate surface area is 224 Å². The van der Waals surface area contributed by atoms with Crippen LogP contribution in [-0.4, -0.2) is 79.1 Å². The molecule has 2 aromatic carbocycles. The lowest BCUT2D eigenvalue weighted by Gasteiger charge is -2.39. The van der Waals surface area contributed by atoms with Gasteiger partial charge in [0.05, 0.1) is 12.6 Å². The van der Waals surface area contributed by atoms with Gasteiger partial charge in [0.15, 0.2) is 0 Å². The van der Waals surface area contributed by atoms with Crippen LogP contribution < -0.4 is 16.2 Å². The topological polar surface area (TPSA) is 88.1 Å². The molecule has 0 radical (unpaired) electrons. The number of likely N-dealkylation sites (tertiary alicyclic amines) is 1. The van der Waals surface area contributed by atoms with Gasteiger partial charge in [0.1, 0.15) is 11.6 Å². The van der Waals surface area contributed by atoms with E-state index in [1.165, 1.54) is 6.07 Å². The number of nitrogens with two attached hydrogens (primary N) is 2. The van der Waals surface area contributed by atoms with Crippen molar-refractivity contribution in [3.8, 4) is 5.75 Å². The van der Waals surface area contributed by atoms with Crippen molar-refractivity contribution >= 4 is 23.2 Å². The minimum atomic E-state index is -0.478. The fraction of sp³-hybridized carbons (Fsp3) is 0.536. The van der Waals surface area contributed by atoms with Crippen LogP contribution in [-0.2, 0) is 17.8 Å². The molecule has 1 amide bonds. The number of benzene rings is 2. The van der Waals surface area contributed by atoms with E-state index in [1.54, 1.807) is 12.1 Å². The van der Waals surface area contributed by atoms with Crippen LogP contribution in [0, 0.1) is 11.7 Å². The summed E-state index contributed by atoms with van der Waals surface area (Å²) in [6.45, 7) is 8.18. The summed E-state index contributed by atoms with van der Waals surface area (Å²) in [4.78, 5) is 19.6. The molecule has 1 atom stereocenters. The lowest BCUT2D eigenvalue weighted by Crippen LogP contribution is -2.55. The first-order valence-electron chi connectivity index (χ1n) is 13.3. The van der Waals surface area contributed by atoms with Crippen LogP contribution in [0.25, 0.3) is 0 Å². The summed E-state index contributed by atoms with van der Waals surface area (Å²) < 4.78 is 20.0. The molecule has 9 heteroatoms. The highest BCUT2D eigenvalue weighted by molar-refractivity contribution is 6.30. The third kappa shape index (κ3) is 7.13. The van der Waals surface area contributed by atoms with Crippen molar-refractivity contribution in [2.45, 2.75) is 38.8 Å². The van der Waals surface area contributed by atoms with Crippen LogP contribution in [0.1, 0.15) is 30.9 Å². The second kappa shape index (κ2) is 12.9. The maximum Gasteiger partial charge on any atom is 0.239 e. The molecule has 2 saturated heterocycles. The monoisotopic (exact) mass is 531 g/mol. The highest BCUT2D eigenvalue weighted by Gasteiger charge is 2.33. The summed E-state index contributed by atoms with van der Waals surface area (Å²) in [5.41, 5.74) is 15.0. The maximum absolute atomic E-state index is 14.4. The van der Waals surface area contributed by atoms with Gasteiger partial charge in [-0.25, -0.2) is 4.39 Å². The van der Waals surface area contributed by atoms with Crippen LogP contribution in [0.2, 0.25) is 5.02 Å². The van der Waals surface area contributed by atoms with Gasteiger partial charge in [-0.3, -0.25) is 9.69 Å². The van der Waals surface area contributed by atoms with E-state index in [0.29, 0.717) is 55.7 Å². The number of piperidine rings is 1. The predicted octanol–water partition coefficient (Wildman–Crippen LogP) is 3.39. The van der Waals surface area contributed by atoms with E-state index in [0.717, 1.165) is 50.1 Å². The first-order valence-corrected chi connectivity index (χ1v) is 13.7. The number of carbonyl (C=O) groups is 1. The molecule has 2 fully saturated rings. The summed E-state index contributed by atoms with van der Waals surface area (Å²) in [5, 5.41) is 0.704. The number of ether oxygens (including phenoxy) is 1. The van der Waals surface area contributed by atoms with E-state index in [1.807, 2.05) is 30.0 Å². The third-order valence-corrected chi connectivity index (χ3v) is 7.90. The standard InChI is InChI=1S/C28H39ClFN5O2/c1-2-37-26-5-3-4-24(30)23(26)19-34-14-16-35(17-15-34)28(36)27(32)20-8-11-33(12-9-20)13-10-21-18-22(29)6-7-25(21)31/h3-7,18,20,27H,2,8-17,19,31-32H2,1H3/t27-/m1/s1. The van der Waals surface area contributed by atoms with E-state index >= 15 is 0 Å². The molecule has 0 aliphatic carbocycles. The van der Waals surface area contributed by atoms with Gasteiger partial charge in [-0.2, -0.15) is 0 Å². The second-order valence-corrected chi connectivity index (χ2v) is 10.5. The molecule has 2 aliphatic rings. The van der Waals surface area contributed by atoms with Crippen molar-refractivity contribution < 1.29 is 13.9 Å². The van der Waals surface area contributed by atoms with E-state index in [-0.39, 0.29) is 17.6 Å². The number of piperazine rings is 1. The molecule has 0 saturated carbocycles. The number of halogens is 2. The van der Waals surface area contributed by atoms with Gasteiger partial charge in [0.25, 0.3) is 0 Å². The van der Waals surface area contributed by atoms with E-state index in [2.05, 4.69) is 9.80 Å². The number of hydrogen-bond acceptors (Lipinski definition) is 6. The zero-order chi connectivity index (χ0) is 26.4. The summed E-state index contributed by atoms with van der Waals surface area (Å²) in [7, 11) is 0. The Kier molecular flexibility index (Phi) is 9.65. The molecule has 37 heavy (non-hydrogen) atoms. The number of anilines is 1. The normalized spacial score (nSPS) is 18.6. The van der Waals surface area contributed by atoms with Gasteiger partial charge in [-0.15, -0.1) is 0 Å². The molecular weight excluding hydrogens is 493 g/mol. The van der Waals surface area contributed by atoms with E-state index in [4.69, 9.17) is 27.8 Å². The molecule has 2 aliphatic heterocycles. The maximum atomic E-state index is 14.4. The van der Waals surface area contributed by atoms with Crippen molar-refractivity contribution in [2.24, 2.45) is 11.7 Å². The molecule has 4 rings (SSSR count). The number of nitrogen functional groups attached to an aromatic ring is 1. The Morgan fingerprint density at radius 2 is 1.84 bits per heavy atom. The molecule has 0 bridgehead atoms. The van der Waals surface area contributed by atoms with Gasteiger partial charge in [0, 0.05) is 55.5 Å². The van der Waals surface area contributed by atoms with E-state index in [9.17, 15) is 9.18 Å². The molecule has 0 spiro atoms. The number of carbonyl (C=O) groups excluding carboxylic acids is 1. The molecule has 0 aromatic heterocycles. The highest BCUT2D eigenvalue weighted by Crippen LogP contribution is 2.25. The molecule has 4 N–H and O–H groups in total. The average Bonchev–Trinajstić information content (AvgIpc) is 2.91. The zero-order valence-corrected chi connectivity index (χ0v) is 22.4. The van der Waals surface area contributed by atoms with Gasteiger partial charge in [-0.1, -0.05) is 17.7 Å². The minimum absolute atomic E-state index is 0.0331. The van der Waals surface area contributed by atoms with Crippen molar-refractivity contribution in [3.05, 3.63) is 58.4 Å². The Morgan fingerprint density at radius 1 is 1.11 bits per heavy atom. The summed E-state index contributed by atoms with van der Waals surface area (Å²) in [6, 6.07) is 10.1. The Bertz CT molecular complexity index is 1050. The molecule has 2 aromatic rings. The predicted molar refractivity (Wildman–Crippen MR) is 146 cm³/mol. The number of hydrogen-bond donors (Lipinski definition) is 2. The van der Waals surface area contributed by atoms with Gasteiger partial charge in [0.2, 0.25) is 5.91 Å². The number of amides is 1. The molecule has 0 unspecified atom stereocenters. The quantitative estimate of drug-likeness (QED) is 0.482. The lowest BCUT2D eigenvalue weighted by molar-refractivity contribution is -0.136. The molecule has 202 valence electrons. The molecule has 7 nitrogen and oxygen atoms in total. The SMILES string of the molecule is CCOc1cccc(F)c1CN1CCN(C(=O)[C@H](N)C2CCN(CCc3cc(Cl)ccc3N)CC2)CC1. The van der Waals surface area contributed by atoms with Crippen LogP contribution in [0.4, 0.5) is 10.1 Å². The Balaban J connectivity index is 1.21. The Morgan fingerprint density at radius 3 is 2.54 bits per heavy atom. The number of rotatable bonds is 9. The van der Waals surface area contributed by atoms with Crippen molar-refractivity contribution in [1.29, 1.82) is 0 Å². The third-order valence-electron chi connectivity index (χ3n) is 7.67. The summed E-state index contributed by atoms with van der Waals surface area (Å²) in [5.74, 6) is 0.551. The van der Waals surface area contributed by atoms with Crippen molar-refractivity contribution in [3.63, 3.8) is 0 Å². The largest absolute Gasteiger partial charge is 0.493 e. The van der Waals surface area contributed by atoms with Gasteiger partial charge >= 0.3 is 0 Å². The van der Waals surface area contributed by atoms with Gasteiger partial charge in [-0.05, 0) is 81.1 Å². The van der Waals surface area contributed by atoms with Crippen molar-refractivity contribution in [2.75, 3.05) is 58.2 Å². The minimum Gasteiger partial charge on any atom is -0.493 e. The highest BCUT2D eigenvalue weighted by atomic mass is 35.5. The fourth-order valence-electron chi connectivity index (χ4n) is 5.35. The average molecular weight is 532 g/mol. The molecule has 2 heterocycles. The van der Waals surface area contributed by atoms with Crippen molar-refractivity contribution in [1.82, 2.24) is 14.7 Å². The summed E-state index contributed by atoms with van der Waals surface area (Å²) >= 11 is 6.11. The smallest absolute Gasteiger partial charge is 0.239 e. The second-order valence-electron chi connectivity index (χ2n) is 10.0. The van der Waals surface area contributed by atoms with E-state index < -0.39 is 6.04 Å². The molecular formula is C28H39ClFN5O2. The van der Waals surface area contributed by atoms with Crippen LogP contribution >= 0.6 is 11.6 Å². The fourth-order valence-corrected chi connectivity index (χ4v) is 5.55. The van der Waals surface area contributed by atoms with Gasteiger partial charge < -0.3 is 26.0 Å². The van der Waals surface area contributed by atoms with Crippen LogP contribution in [0.5, 0.6) is 5.75 Å².